The molecule has 1 aliphatic heterocycles. The van der Waals surface area contributed by atoms with Crippen molar-refractivity contribution < 1.29 is 13.2 Å². The van der Waals surface area contributed by atoms with Crippen molar-refractivity contribution in [2.24, 2.45) is 0 Å². The molecule has 0 radical (unpaired) electrons. The number of hydrogen-bond acceptors (Lipinski definition) is 4. The van der Waals surface area contributed by atoms with E-state index in [9.17, 15) is 13.2 Å². The van der Waals surface area contributed by atoms with Crippen molar-refractivity contribution in [2.75, 3.05) is 32.1 Å². The minimum Gasteiger partial charge on any atom is -0.372 e. The lowest BCUT2D eigenvalue weighted by atomic mass is 10.1. The van der Waals surface area contributed by atoms with E-state index in [1.807, 2.05) is 12.1 Å². The fourth-order valence-corrected chi connectivity index (χ4v) is 4.52. The van der Waals surface area contributed by atoms with Crippen molar-refractivity contribution in [1.82, 2.24) is 9.62 Å². The Morgan fingerprint density at radius 3 is 2.36 bits per heavy atom. The fourth-order valence-electron chi connectivity index (χ4n) is 3.12. The van der Waals surface area contributed by atoms with Crippen LogP contribution in [-0.4, -0.2) is 45.8 Å². The molecule has 1 fully saturated rings. The number of carbonyl (C=O) groups is 1. The van der Waals surface area contributed by atoms with Gasteiger partial charge < -0.3 is 10.2 Å². The van der Waals surface area contributed by atoms with Gasteiger partial charge in [0.15, 0.2) is 0 Å². The molecule has 0 spiro atoms. The minimum absolute atomic E-state index is 0.0817. The molecule has 2 aromatic carbocycles. The van der Waals surface area contributed by atoms with Gasteiger partial charge in [0, 0.05) is 45.0 Å². The Bertz CT molecular complexity index is 953. The average molecular weight is 422 g/mol. The Kier molecular flexibility index (Phi) is 6.27. The van der Waals surface area contributed by atoms with E-state index >= 15 is 0 Å². The zero-order valence-electron chi connectivity index (χ0n) is 16.0. The summed E-state index contributed by atoms with van der Waals surface area (Å²) in [7, 11) is -0.885. The number of carbonyl (C=O) groups excluding carboxylic acids is 1. The van der Waals surface area contributed by atoms with Gasteiger partial charge in [-0.05, 0) is 48.7 Å². The highest BCUT2D eigenvalue weighted by Gasteiger charge is 2.22. The standard InChI is InChI=1S/C20H24ClN3O3S/c1-23(2)28(26,27)19-13-16(7-10-18(19)21)20(25)22-14-15-5-8-17(9-6-15)24-11-3-4-12-24/h5-10,13H,3-4,11-12,14H2,1-2H3,(H,22,25). The maximum atomic E-state index is 12.5. The predicted molar refractivity (Wildman–Crippen MR) is 111 cm³/mol. The molecule has 2 aromatic rings. The molecular weight excluding hydrogens is 398 g/mol. The van der Waals surface area contributed by atoms with E-state index < -0.39 is 10.0 Å². The van der Waals surface area contributed by atoms with Crippen molar-refractivity contribution >= 4 is 33.2 Å². The van der Waals surface area contributed by atoms with Crippen molar-refractivity contribution in [3.8, 4) is 0 Å². The molecule has 1 N–H and O–H groups in total. The van der Waals surface area contributed by atoms with Gasteiger partial charge in [0.1, 0.15) is 4.90 Å². The molecule has 0 atom stereocenters. The van der Waals surface area contributed by atoms with E-state index in [-0.39, 0.29) is 21.4 Å². The first-order valence-electron chi connectivity index (χ1n) is 9.13. The van der Waals surface area contributed by atoms with Crippen molar-refractivity contribution in [3.05, 3.63) is 58.6 Å². The van der Waals surface area contributed by atoms with E-state index in [0.717, 1.165) is 23.0 Å². The molecule has 0 aromatic heterocycles. The molecule has 150 valence electrons. The third-order valence-corrected chi connectivity index (χ3v) is 7.11. The maximum Gasteiger partial charge on any atom is 0.251 e. The zero-order valence-corrected chi connectivity index (χ0v) is 17.6. The Balaban J connectivity index is 1.68. The Morgan fingerprint density at radius 1 is 1.11 bits per heavy atom. The third-order valence-electron chi connectivity index (χ3n) is 4.81. The molecule has 0 saturated carbocycles. The zero-order chi connectivity index (χ0) is 20.3. The lowest BCUT2D eigenvalue weighted by Crippen LogP contribution is -2.25. The van der Waals surface area contributed by atoms with E-state index in [0.29, 0.717) is 6.54 Å². The predicted octanol–water partition coefficient (Wildman–Crippen LogP) is 3.12. The smallest absolute Gasteiger partial charge is 0.251 e. The van der Waals surface area contributed by atoms with Gasteiger partial charge in [0.05, 0.1) is 5.02 Å². The van der Waals surface area contributed by atoms with Crippen LogP contribution in [0, 0.1) is 0 Å². The van der Waals surface area contributed by atoms with Crippen LogP contribution in [-0.2, 0) is 16.6 Å². The van der Waals surface area contributed by atoms with Crippen LogP contribution in [0.4, 0.5) is 5.69 Å². The lowest BCUT2D eigenvalue weighted by molar-refractivity contribution is 0.0950. The molecule has 6 nitrogen and oxygen atoms in total. The van der Waals surface area contributed by atoms with Crippen LogP contribution >= 0.6 is 11.6 Å². The second-order valence-corrected chi connectivity index (χ2v) is 9.50. The number of halogens is 1. The van der Waals surface area contributed by atoms with E-state index in [2.05, 4.69) is 22.3 Å². The minimum atomic E-state index is -3.73. The second kappa shape index (κ2) is 8.51. The van der Waals surface area contributed by atoms with Gasteiger partial charge in [-0.2, -0.15) is 0 Å². The first kappa shape index (κ1) is 20.6. The molecule has 0 bridgehead atoms. The van der Waals surface area contributed by atoms with Crippen LogP contribution < -0.4 is 10.2 Å². The van der Waals surface area contributed by atoms with Gasteiger partial charge in [-0.15, -0.1) is 0 Å². The highest BCUT2D eigenvalue weighted by Crippen LogP contribution is 2.25. The van der Waals surface area contributed by atoms with E-state index in [4.69, 9.17) is 11.6 Å². The summed E-state index contributed by atoms with van der Waals surface area (Å²) in [6, 6.07) is 12.4. The number of nitrogens with one attached hydrogen (secondary N) is 1. The molecule has 1 heterocycles. The van der Waals surface area contributed by atoms with Gasteiger partial charge in [-0.3, -0.25) is 4.79 Å². The summed E-state index contributed by atoms with van der Waals surface area (Å²) < 4.78 is 25.8. The number of sulfonamides is 1. The second-order valence-electron chi connectivity index (χ2n) is 6.98. The summed E-state index contributed by atoms with van der Waals surface area (Å²) >= 11 is 6.03. The number of benzene rings is 2. The number of amides is 1. The topological polar surface area (TPSA) is 69.7 Å². The molecule has 0 aliphatic carbocycles. The van der Waals surface area contributed by atoms with Crippen LogP contribution in [0.25, 0.3) is 0 Å². The van der Waals surface area contributed by atoms with E-state index in [1.165, 1.54) is 50.8 Å². The summed E-state index contributed by atoms with van der Waals surface area (Å²) in [4.78, 5) is 14.8. The third kappa shape index (κ3) is 4.48. The normalized spacial score (nSPS) is 14.5. The summed E-state index contributed by atoms with van der Waals surface area (Å²) in [5, 5.41) is 2.91. The van der Waals surface area contributed by atoms with Crippen molar-refractivity contribution in [2.45, 2.75) is 24.3 Å². The Hall–Kier alpha value is -2.09. The van der Waals surface area contributed by atoms with Crippen LogP contribution in [0.2, 0.25) is 5.02 Å². The summed E-state index contributed by atoms with van der Waals surface area (Å²) in [5.74, 6) is -0.351. The van der Waals surface area contributed by atoms with Crippen LogP contribution in [0.5, 0.6) is 0 Å². The molecule has 28 heavy (non-hydrogen) atoms. The van der Waals surface area contributed by atoms with Crippen LogP contribution in [0.1, 0.15) is 28.8 Å². The highest BCUT2D eigenvalue weighted by atomic mass is 35.5. The van der Waals surface area contributed by atoms with Crippen LogP contribution in [0.15, 0.2) is 47.4 Å². The Morgan fingerprint density at radius 2 is 1.75 bits per heavy atom. The van der Waals surface area contributed by atoms with Gasteiger partial charge >= 0.3 is 0 Å². The Labute approximate surface area is 171 Å². The molecule has 0 unspecified atom stereocenters. The van der Waals surface area contributed by atoms with Gasteiger partial charge in [-0.25, -0.2) is 12.7 Å². The first-order valence-corrected chi connectivity index (χ1v) is 10.9. The van der Waals surface area contributed by atoms with E-state index in [1.54, 1.807) is 0 Å². The largest absolute Gasteiger partial charge is 0.372 e. The van der Waals surface area contributed by atoms with Crippen molar-refractivity contribution in [3.63, 3.8) is 0 Å². The summed E-state index contributed by atoms with van der Waals surface area (Å²) in [6.07, 6.45) is 2.45. The number of anilines is 1. The fraction of sp³-hybridized carbons (Fsp3) is 0.350. The van der Waals surface area contributed by atoms with Crippen molar-refractivity contribution in [1.29, 1.82) is 0 Å². The van der Waals surface area contributed by atoms with Crippen LogP contribution in [0.3, 0.4) is 0 Å². The quantitative estimate of drug-likeness (QED) is 0.778. The number of nitrogens with zero attached hydrogens (tertiary/aromatic N) is 2. The monoisotopic (exact) mass is 421 g/mol. The summed E-state index contributed by atoms with van der Waals surface area (Å²) in [5.41, 5.74) is 2.42. The lowest BCUT2D eigenvalue weighted by Gasteiger charge is -2.17. The highest BCUT2D eigenvalue weighted by molar-refractivity contribution is 7.89. The van der Waals surface area contributed by atoms with Gasteiger partial charge in [-0.1, -0.05) is 23.7 Å². The SMILES string of the molecule is CN(C)S(=O)(=O)c1cc(C(=O)NCc2ccc(N3CCCC3)cc2)ccc1Cl. The summed E-state index contributed by atoms with van der Waals surface area (Å²) in [6.45, 7) is 2.53. The maximum absolute atomic E-state index is 12.5. The molecule has 1 saturated heterocycles. The number of hydrogen-bond donors (Lipinski definition) is 1. The average Bonchev–Trinajstić information content (AvgIpc) is 3.21. The molecule has 1 amide bonds. The molecule has 1 aliphatic rings. The molecule has 8 heteroatoms. The molecular formula is C20H24ClN3O3S. The molecule has 3 rings (SSSR count). The van der Waals surface area contributed by atoms with Gasteiger partial charge in [0.2, 0.25) is 10.0 Å². The number of rotatable bonds is 6. The first-order chi connectivity index (χ1) is 13.3. The van der Waals surface area contributed by atoms with Gasteiger partial charge in [0.25, 0.3) is 5.91 Å².